The van der Waals surface area contributed by atoms with Crippen LogP contribution >= 0.6 is 34.8 Å². The molecule has 0 saturated carbocycles. The number of fused-ring (bicyclic) bond motifs is 1. The zero-order valence-electron chi connectivity index (χ0n) is 10.2. The second-order valence-corrected chi connectivity index (χ2v) is 5.45. The summed E-state index contributed by atoms with van der Waals surface area (Å²) >= 11 is 17.7. The smallest absolute Gasteiger partial charge is 0.159 e. The first-order valence-corrected chi connectivity index (χ1v) is 6.87. The van der Waals surface area contributed by atoms with E-state index >= 15 is 0 Å². The van der Waals surface area contributed by atoms with E-state index in [1.54, 1.807) is 18.2 Å². The lowest BCUT2D eigenvalue weighted by molar-refractivity contribution is 0.511. The van der Waals surface area contributed by atoms with Gasteiger partial charge in [-0.3, -0.25) is 0 Å². The highest BCUT2D eigenvalue weighted by molar-refractivity contribution is 6.42. The highest BCUT2D eigenvalue weighted by Gasteiger charge is 2.14. The predicted molar refractivity (Wildman–Crippen MR) is 79.9 cm³/mol. The molecule has 0 atom stereocenters. The standard InChI is InChI=1S/C14H5Cl3F2N2/c15-9-2-1-6(3-10(9)16)13-7-4-11(18)12(19)5-8(7)14(17)21-20-13/h1-5H. The quantitative estimate of drug-likeness (QED) is 0.579. The average molecular weight is 346 g/mol. The molecule has 3 rings (SSSR count). The summed E-state index contributed by atoms with van der Waals surface area (Å²) in [7, 11) is 0. The first kappa shape index (κ1) is 14.4. The fraction of sp³-hybridized carbons (Fsp3) is 0. The van der Waals surface area contributed by atoms with Crippen molar-refractivity contribution in [1.82, 2.24) is 10.2 Å². The van der Waals surface area contributed by atoms with Gasteiger partial charge in [-0.25, -0.2) is 8.78 Å². The fourth-order valence-corrected chi connectivity index (χ4v) is 2.46. The molecule has 0 unspecified atom stereocenters. The van der Waals surface area contributed by atoms with Crippen LogP contribution in [0.5, 0.6) is 0 Å². The van der Waals surface area contributed by atoms with E-state index in [9.17, 15) is 8.78 Å². The summed E-state index contributed by atoms with van der Waals surface area (Å²) in [5, 5.41) is 9.01. The number of nitrogens with zero attached hydrogens (tertiary/aromatic N) is 2. The Bertz CT molecular complexity index is 868. The highest BCUT2D eigenvalue weighted by Crippen LogP contribution is 2.33. The molecule has 106 valence electrons. The van der Waals surface area contributed by atoms with Crippen LogP contribution in [0.15, 0.2) is 30.3 Å². The third-order valence-electron chi connectivity index (χ3n) is 2.97. The van der Waals surface area contributed by atoms with Crippen LogP contribution < -0.4 is 0 Å². The molecule has 2 nitrogen and oxygen atoms in total. The Kier molecular flexibility index (Phi) is 3.69. The van der Waals surface area contributed by atoms with Gasteiger partial charge in [-0.1, -0.05) is 40.9 Å². The normalized spacial score (nSPS) is 11.1. The van der Waals surface area contributed by atoms with E-state index in [-0.39, 0.29) is 10.5 Å². The number of rotatable bonds is 1. The SMILES string of the molecule is Fc1cc2c(Cl)nnc(-c3ccc(Cl)c(Cl)c3)c2cc1F. The fourth-order valence-electron chi connectivity index (χ4n) is 1.97. The molecule has 0 fully saturated rings. The minimum absolute atomic E-state index is 0.00675. The lowest BCUT2D eigenvalue weighted by Gasteiger charge is -2.08. The van der Waals surface area contributed by atoms with Crippen LogP contribution in [0.3, 0.4) is 0 Å². The van der Waals surface area contributed by atoms with E-state index in [2.05, 4.69) is 10.2 Å². The Hall–Kier alpha value is -1.49. The van der Waals surface area contributed by atoms with Crippen LogP contribution in [0.1, 0.15) is 0 Å². The zero-order valence-corrected chi connectivity index (χ0v) is 12.4. The maximum atomic E-state index is 13.5. The summed E-state index contributed by atoms with van der Waals surface area (Å²) in [4.78, 5) is 0. The van der Waals surface area contributed by atoms with Crippen molar-refractivity contribution < 1.29 is 8.78 Å². The summed E-state index contributed by atoms with van der Waals surface area (Å²) in [6, 6.07) is 6.84. The molecule has 1 aromatic heterocycles. The molecular formula is C14H5Cl3F2N2. The molecule has 7 heteroatoms. The molecule has 0 radical (unpaired) electrons. The molecule has 0 saturated heterocycles. The van der Waals surface area contributed by atoms with Gasteiger partial charge in [-0.15, -0.1) is 10.2 Å². The van der Waals surface area contributed by atoms with E-state index in [0.29, 0.717) is 26.7 Å². The lowest BCUT2D eigenvalue weighted by Crippen LogP contribution is -1.94. The minimum Gasteiger partial charge on any atom is -0.204 e. The molecule has 3 aromatic rings. The summed E-state index contributed by atoms with van der Waals surface area (Å²) in [6.07, 6.45) is 0. The van der Waals surface area contributed by atoms with E-state index in [1.165, 1.54) is 0 Å². The van der Waals surface area contributed by atoms with Crippen LogP contribution in [0, 0.1) is 11.6 Å². The van der Waals surface area contributed by atoms with E-state index in [1.807, 2.05) is 0 Å². The van der Waals surface area contributed by atoms with Crippen molar-refractivity contribution in [2.24, 2.45) is 0 Å². The minimum atomic E-state index is -1.00. The van der Waals surface area contributed by atoms with Crippen LogP contribution in [0.2, 0.25) is 15.2 Å². The van der Waals surface area contributed by atoms with Gasteiger partial charge in [0.15, 0.2) is 16.8 Å². The molecule has 0 aliphatic rings. The Labute approximate surface area is 133 Å². The molecule has 21 heavy (non-hydrogen) atoms. The van der Waals surface area contributed by atoms with Gasteiger partial charge in [0, 0.05) is 16.3 Å². The van der Waals surface area contributed by atoms with Gasteiger partial charge < -0.3 is 0 Å². The Balaban J connectivity index is 2.35. The Morgan fingerprint density at radius 1 is 0.762 bits per heavy atom. The average Bonchev–Trinajstić information content (AvgIpc) is 2.45. The van der Waals surface area contributed by atoms with Crippen molar-refractivity contribution in [3.05, 3.63) is 57.2 Å². The number of aromatic nitrogens is 2. The topological polar surface area (TPSA) is 25.8 Å². The van der Waals surface area contributed by atoms with Gasteiger partial charge >= 0.3 is 0 Å². The van der Waals surface area contributed by atoms with Crippen molar-refractivity contribution in [1.29, 1.82) is 0 Å². The molecule has 0 aliphatic carbocycles. The highest BCUT2D eigenvalue weighted by atomic mass is 35.5. The third-order valence-corrected chi connectivity index (χ3v) is 3.99. The molecule has 2 aromatic carbocycles. The number of halogens is 5. The summed E-state index contributed by atoms with van der Waals surface area (Å²) in [5.74, 6) is -2.00. The van der Waals surface area contributed by atoms with Crippen LogP contribution in [-0.2, 0) is 0 Å². The maximum absolute atomic E-state index is 13.5. The van der Waals surface area contributed by atoms with Crippen molar-refractivity contribution in [3.63, 3.8) is 0 Å². The summed E-state index contributed by atoms with van der Waals surface area (Å²) in [6.45, 7) is 0. The third kappa shape index (κ3) is 2.55. The molecule has 0 spiro atoms. The van der Waals surface area contributed by atoms with Crippen LogP contribution in [0.4, 0.5) is 8.78 Å². The molecule has 0 bridgehead atoms. The molecule has 1 heterocycles. The first-order chi connectivity index (χ1) is 9.97. The largest absolute Gasteiger partial charge is 0.204 e. The number of benzene rings is 2. The zero-order chi connectivity index (χ0) is 15.1. The first-order valence-electron chi connectivity index (χ1n) is 5.73. The van der Waals surface area contributed by atoms with Gasteiger partial charge in [-0.2, -0.15) is 0 Å². The van der Waals surface area contributed by atoms with Crippen LogP contribution in [-0.4, -0.2) is 10.2 Å². The van der Waals surface area contributed by atoms with Crippen molar-refractivity contribution in [3.8, 4) is 11.3 Å². The van der Waals surface area contributed by atoms with Gasteiger partial charge in [0.25, 0.3) is 0 Å². The molecule has 0 aliphatic heterocycles. The number of hydrogen-bond donors (Lipinski definition) is 0. The van der Waals surface area contributed by atoms with Gasteiger partial charge in [0.1, 0.15) is 5.69 Å². The van der Waals surface area contributed by atoms with E-state index in [0.717, 1.165) is 12.1 Å². The maximum Gasteiger partial charge on any atom is 0.159 e. The molecule has 0 amide bonds. The summed E-state index contributed by atoms with van der Waals surface area (Å²) < 4.78 is 26.9. The Morgan fingerprint density at radius 2 is 1.43 bits per heavy atom. The Morgan fingerprint density at radius 3 is 2.10 bits per heavy atom. The summed E-state index contributed by atoms with van der Waals surface area (Å²) in [5.41, 5.74) is 0.913. The van der Waals surface area contributed by atoms with Gasteiger partial charge in [0.05, 0.1) is 10.0 Å². The van der Waals surface area contributed by atoms with Crippen molar-refractivity contribution >= 4 is 45.6 Å². The van der Waals surface area contributed by atoms with E-state index in [4.69, 9.17) is 34.8 Å². The monoisotopic (exact) mass is 344 g/mol. The van der Waals surface area contributed by atoms with Crippen LogP contribution in [0.25, 0.3) is 22.0 Å². The predicted octanol–water partition coefficient (Wildman–Crippen LogP) is 5.54. The van der Waals surface area contributed by atoms with Gasteiger partial charge in [-0.05, 0) is 24.3 Å². The van der Waals surface area contributed by atoms with Gasteiger partial charge in [0.2, 0.25) is 0 Å². The molecular weight excluding hydrogens is 341 g/mol. The molecule has 0 N–H and O–H groups in total. The lowest BCUT2D eigenvalue weighted by atomic mass is 10.0. The van der Waals surface area contributed by atoms with E-state index < -0.39 is 11.6 Å². The van der Waals surface area contributed by atoms with Crippen molar-refractivity contribution in [2.75, 3.05) is 0 Å². The second kappa shape index (κ2) is 5.37. The van der Waals surface area contributed by atoms with Crippen molar-refractivity contribution in [2.45, 2.75) is 0 Å². The number of hydrogen-bond acceptors (Lipinski definition) is 2. The second-order valence-electron chi connectivity index (χ2n) is 4.28.